The average Bonchev–Trinajstić information content (AvgIpc) is 2.68. The summed E-state index contributed by atoms with van der Waals surface area (Å²) in [5, 5.41) is 3.36. The van der Waals surface area contributed by atoms with Crippen LogP contribution in [0.2, 0.25) is 5.02 Å². The maximum Gasteiger partial charge on any atom is 0.243 e. The third-order valence-corrected chi connectivity index (χ3v) is 6.95. The number of aryl methyl sites for hydroxylation is 1. The van der Waals surface area contributed by atoms with Crippen molar-refractivity contribution in [1.82, 2.24) is 4.31 Å². The van der Waals surface area contributed by atoms with Gasteiger partial charge in [-0.2, -0.15) is 4.31 Å². The molecule has 0 unspecified atom stereocenters. The quantitative estimate of drug-likeness (QED) is 0.797. The van der Waals surface area contributed by atoms with Gasteiger partial charge in [-0.15, -0.1) is 0 Å². The van der Waals surface area contributed by atoms with E-state index in [2.05, 4.69) is 5.32 Å². The predicted octanol–water partition coefficient (Wildman–Crippen LogP) is 3.70. The molecule has 8 heteroatoms. The van der Waals surface area contributed by atoms with Gasteiger partial charge in [-0.25, -0.2) is 8.42 Å². The fraction of sp³-hybridized carbons (Fsp3) is 0.350. The van der Waals surface area contributed by atoms with Crippen LogP contribution in [-0.4, -0.2) is 38.8 Å². The van der Waals surface area contributed by atoms with Gasteiger partial charge in [0.05, 0.1) is 17.9 Å². The van der Waals surface area contributed by atoms with Crippen LogP contribution in [0.15, 0.2) is 47.4 Å². The Kier molecular flexibility index (Phi) is 6.27. The number of piperidine rings is 1. The number of methoxy groups -OCH3 is 1. The van der Waals surface area contributed by atoms with Gasteiger partial charge in [0.2, 0.25) is 15.9 Å². The van der Waals surface area contributed by atoms with E-state index in [0.29, 0.717) is 35.8 Å². The number of anilines is 1. The van der Waals surface area contributed by atoms with E-state index in [4.69, 9.17) is 16.3 Å². The van der Waals surface area contributed by atoms with Crippen LogP contribution in [0.4, 0.5) is 5.69 Å². The van der Waals surface area contributed by atoms with Gasteiger partial charge in [-0.05, 0) is 61.7 Å². The first-order valence-corrected chi connectivity index (χ1v) is 10.8. The second kappa shape index (κ2) is 8.51. The largest absolute Gasteiger partial charge is 0.496 e. The maximum absolute atomic E-state index is 13.0. The van der Waals surface area contributed by atoms with E-state index < -0.39 is 15.9 Å². The number of hydrogen-bond acceptors (Lipinski definition) is 4. The summed E-state index contributed by atoms with van der Waals surface area (Å²) in [4.78, 5) is 12.8. The van der Waals surface area contributed by atoms with Crippen molar-refractivity contribution < 1.29 is 17.9 Å². The van der Waals surface area contributed by atoms with Crippen molar-refractivity contribution in [2.45, 2.75) is 24.7 Å². The summed E-state index contributed by atoms with van der Waals surface area (Å²) in [6, 6.07) is 11.7. The Balaban J connectivity index is 1.74. The fourth-order valence-corrected chi connectivity index (χ4v) is 5.15. The normalized spacial score (nSPS) is 17.9. The molecular weight excluding hydrogens is 400 g/mol. The number of halogens is 1. The van der Waals surface area contributed by atoms with Crippen LogP contribution >= 0.6 is 11.6 Å². The minimum absolute atomic E-state index is 0.153. The Morgan fingerprint density at radius 1 is 1.25 bits per heavy atom. The van der Waals surface area contributed by atoms with Crippen LogP contribution in [-0.2, 0) is 14.8 Å². The number of nitrogens with zero attached hydrogens (tertiary/aromatic N) is 1. The second-order valence-electron chi connectivity index (χ2n) is 6.83. The molecule has 1 aliphatic rings. The molecule has 0 radical (unpaired) electrons. The highest BCUT2D eigenvalue weighted by molar-refractivity contribution is 7.89. The molecule has 1 saturated heterocycles. The zero-order valence-electron chi connectivity index (χ0n) is 15.8. The fourth-order valence-electron chi connectivity index (χ4n) is 3.35. The third kappa shape index (κ3) is 4.48. The van der Waals surface area contributed by atoms with Crippen molar-refractivity contribution in [2.75, 3.05) is 25.5 Å². The average molecular weight is 423 g/mol. The molecule has 1 atom stereocenters. The number of rotatable bonds is 5. The number of carbonyl (C=O) groups is 1. The Morgan fingerprint density at radius 3 is 2.71 bits per heavy atom. The molecule has 28 heavy (non-hydrogen) atoms. The molecule has 2 aromatic carbocycles. The van der Waals surface area contributed by atoms with E-state index in [1.807, 2.05) is 0 Å². The molecule has 1 heterocycles. The van der Waals surface area contributed by atoms with E-state index >= 15 is 0 Å². The van der Waals surface area contributed by atoms with Crippen LogP contribution in [0.1, 0.15) is 18.4 Å². The monoisotopic (exact) mass is 422 g/mol. The van der Waals surface area contributed by atoms with Gasteiger partial charge in [-0.3, -0.25) is 4.79 Å². The standard InChI is InChI=1S/C20H23ClN2O4S/c1-14-11-18(8-9-19(14)27-2)28(25,26)23-10-4-5-15(13-23)20(24)22-17-7-3-6-16(21)12-17/h3,6-9,11-12,15H,4-5,10,13H2,1-2H3,(H,22,24)/t15-/m1/s1. The van der Waals surface area contributed by atoms with Gasteiger partial charge in [0.25, 0.3) is 0 Å². The van der Waals surface area contributed by atoms with Gasteiger partial charge < -0.3 is 10.1 Å². The molecule has 0 aliphatic carbocycles. The molecule has 1 aliphatic heterocycles. The highest BCUT2D eigenvalue weighted by Gasteiger charge is 2.33. The van der Waals surface area contributed by atoms with E-state index in [9.17, 15) is 13.2 Å². The molecule has 3 rings (SSSR count). The van der Waals surface area contributed by atoms with Crippen molar-refractivity contribution in [3.8, 4) is 5.75 Å². The minimum atomic E-state index is -3.68. The summed E-state index contributed by atoms with van der Waals surface area (Å²) in [6.45, 7) is 2.35. The molecule has 1 N–H and O–H groups in total. The van der Waals surface area contributed by atoms with Crippen LogP contribution in [0.5, 0.6) is 5.75 Å². The van der Waals surface area contributed by atoms with Crippen molar-refractivity contribution in [3.63, 3.8) is 0 Å². The lowest BCUT2D eigenvalue weighted by molar-refractivity contribution is -0.120. The number of benzene rings is 2. The maximum atomic E-state index is 13.0. The van der Waals surface area contributed by atoms with Gasteiger partial charge in [0, 0.05) is 23.8 Å². The first-order valence-electron chi connectivity index (χ1n) is 9.02. The molecule has 6 nitrogen and oxygen atoms in total. The molecule has 2 aromatic rings. The van der Waals surface area contributed by atoms with Crippen molar-refractivity contribution in [3.05, 3.63) is 53.1 Å². The molecule has 150 valence electrons. The number of carbonyl (C=O) groups excluding carboxylic acids is 1. The van der Waals surface area contributed by atoms with Crippen LogP contribution in [0.25, 0.3) is 0 Å². The molecule has 0 spiro atoms. The summed E-state index contributed by atoms with van der Waals surface area (Å²) in [5.74, 6) is 0.0197. The second-order valence-corrected chi connectivity index (χ2v) is 9.21. The molecule has 1 amide bonds. The highest BCUT2D eigenvalue weighted by Crippen LogP contribution is 2.28. The van der Waals surface area contributed by atoms with E-state index in [1.165, 1.54) is 10.4 Å². The zero-order valence-corrected chi connectivity index (χ0v) is 17.4. The summed E-state index contributed by atoms with van der Waals surface area (Å²) >= 11 is 5.95. The molecular formula is C20H23ClN2O4S. The Morgan fingerprint density at radius 2 is 2.04 bits per heavy atom. The van der Waals surface area contributed by atoms with E-state index in [1.54, 1.807) is 50.4 Å². The van der Waals surface area contributed by atoms with Gasteiger partial charge in [-0.1, -0.05) is 17.7 Å². The number of hydrogen-bond donors (Lipinski definition) is 1. The number of sulfonamides is 1. The van der Waals surface area contributed by atoms with E-state index in [0.717, 1.165) is 5.56 Å². The Bertz CT molecular complexity index is 978. The highest BCUT2D eigenvalue weighted by atomic mass is 35.5. The molecule has 0 bridgehead atoms. The summed E-state index contributed by atoms with van der Waals surface area (Å²) < 4.78 is 32.7. The van der Waals surface area contributed by atoms with Crippen LogP contribution in [0.3, 0.4) is 0 Å². The SMILES string of the molecule is COc1ccc(S(=O)(=O)N2CCC[C@@H](C(=O)Nc3cccc(Cl)c3)C2)cc1C. The van der Waals surface area contributed by atoms with Gasteiger partial charge >= 0.3 is 0 Å². The van der Waals surface area contributed by atoms with Crippen molar-refractivity contribution >= 4 is 33.2 Å². The number of ether oxygens (including phenoxy) is 1. The summed E-state index contributed by atoms with van der Waals surface area (Å²) in [5.41, 5.74) is 1.35. The van der Waals surface area contributed by atoms with Gasteiger partial charge in [0.15, 0.2) is 0 Å². The van der Waals surface area contributed by atoms with Gasteiger partial charge in [0.1, 0.15) is 5.75 Å². The smallest absolute Gasteiger partial charge is 0.243 e. The summed E-state index contributed by atoms with van der Waals surface area (Å²) in [6.07, 6.45) is 1.27. The van der Waals surface area contributed by atoms with Crippen molar-refractivity contribution in [2.24, 2.45) is 5.92 Å². The number of nitrogens with one attached hydrogen (secondary N) is 1. The first kappa shape index (κ1) is 20.6. The lowest BCUT2D eigenvalue weighted by Crippen LogP contribution is -2.43. The van der Waals surface area contributed by atoms with Crippen molar-refractivity contribution in [1.29, 1.82) is 0 Å². The molecule has 1 fully saturated rings. The topological polar surface area (TPSA) is 75.7 Å². The summed E-state index contributed by atoms with van der Waals surface area (Å²) in [7, 11) is -2.13. The number of amides is 1. The predicted molar refractivity (Wildman–Crippen MR) is 109 cm³/mol. The first-order chi connectivity index (χ1) is 13.3. The molecule has 0 aromatic heterocycles. The minimum Gasteiger partial charge on any atom is -0.496 e. The van der Waals surface area contributed by atoms with Crippen LogP contribution in [0, 0.1) is 12.8 Å². The Labute approximate surface area is 170 Å². The zero-order chi connectivity index (χ0) is 20.3. The molecule has 0 saturated carbocycles. The third-order valence-electron chi connectivity index (χ3n) is 4.85. The van der Waals surface area contributed by atoms with E-state index in [-0.39, 0.29) is 17.3 Å². The lowest BCUT2D eigenvalue weighted by atomic mass is 9.99. The van der Waals surface area contributed by atoms with Crippen LogP contribution < -0.4 is 10.1 Å². The Hall–Kier alpha value is -2.09. The lowest BCUT2D eigenvalue weighted by Gasteiger charge is -2.31.